The Morgan fingerprint density at radius 1 is 1.00 bits per heavy atom. The summed E-state index contributed by atoms with van der Waals surface area (Å²) in [5, 5.41) is 8.39. The van der Waals surface area contributed by atoms with E-state index >= 15 is 0 Å². The molecule has 1 heterocycles. The predicted molar refractivity (Wildman–Crippen MR) is 104 cm³/mol. The first-order valence-electron chi connectivity index (χ1n) is 8.42. The number of hydrogen-bond donors (Lipinski definition) is 4. The highest BCUT2D eigenvalue weighted by Gasteiger charge is 2.07. The van der Waals surface area contributed by atoms with Crippen LogP contribution < -0.4 is 21.5 Å². The number of benzene rings is 2. The van der Waals surface area contributed by atoms with Crippen LogP contribution in [0.2, 0.25) is 0 Å². The quantitative estimate of drug-likeness (QED) is 0.555. The molecule has 0 unspecified atom stereocenters. The summed E-state index contributed by atoms with van der Waals surface area (Å²) in [4.78, 5) is 42.5. The summed E-state index contributed by atoms with van der Waals surface area (Å²) in [6.45, 7) is 0. The number of urea groups is 1. The van der Waals surface area contributed by atoms with Gasteiger partial charge < -0.3 is 20.9 Å². The van der Waals surface area contributed by atoms with Crippen LogP contribution in [0.4, 0.5) is 16.2 Å². The van der Waals surface area contributed by atoms with Gasteiger partial charge in [-0.05, 0) is 36.4 Å². The molecule has 0 atom stereocenters. The number of H-pyrrole nitrogens is 1. The molecule has 0 fully saturated rings. The van der Waals surface area contributed by atoms with Crippen LogP contribution in [-0.2, 0) is 11.2 Å². The molecule has 0 radical (unpaired) electrons. The van der Waals surface area contributed by atoms with Crippen molar-refractivity contribution in [3.8, 4) is 0 Å². The van der Waals surface area contributed by atoms with Crippen molar-refractivity contribution in [2.75, 3.05) is 17.7 Å². The Hall–Kier alpha value is -3.68. The highest BCUT2D eigenvalue weighted by Crippen LogP contribution is 2.14. The van der Waals surface area contributed by atoms with Gasteiger partial charge in [-0.25, -0.2) is 9.78 Å². The Bertz CT molecular complexity index is 1030. The Labute approximate surface area is 155 Å². The van der Waals surface area contributed by atoms with Gasteiger partial charge in [0.15, 0.2) is 0 Å². The van der Waals surface area contributed by atoms with Gasteiger partial charge in [0, 0.05) is 31.3 Å². The molecule has 8 nitrogen and oxygen atoms in total. The zero-order valence-electron chi connectivity index (χ0n) is 14.7. The number of para-hydroxylation sites is 1. The molecule has 3 rings (SSSR count). The van der Waals surface area contributed by atoms with Gasteiger partial charge in [-0.15, -0.1) is 0 Å². The molecule has 0 saturated heterocycles. The number of aromatic nitrogens is 2. The number of nitrogens with one attached hydrogen (secondary N) is 4. The number of hydrogen-bond acceptors (Lipinski definition) is 4. The number of amides is 3. The van der Waals surface area contributed by atoms with Gasteiger partial charge in [-0.1, -0.05) is 12.1 Å². The monoisotopic (exact) mass is 365 g/mol. The van der Waals surface area contributed by atoms with Crippen LogP contribution >= 0.6 is 0 Å². The average Bonchev–Trinajstić information content (AvgIpc) is 2.68. The molecule has 0 saturated carbocycles. The smallest absolute Gasteiger partial charge is 0.318 e. The van der Waals surface area contributed by atoms with Crippen LogP contribution in [0.3, 0.4) is 0 Å². The summed E-state index contributed by atoms with van der Waals surface area (Å²) >= 11 is 0. The third-order valence-corrected chi connectivity index (χ3v) is 3.90. The molecule has 0 aliphatic carbocycles. The van der Waals surface area contributed by atoms with E-state index in [1.54, 1.807) is 42.5 Å². The van der Waals surface area contributed by atoms with Crippen molar-refractivity contribution in [1.82, 2.24) is 15.3 Å². The maximum absolute atomic E-state index is 12.1. The summed E-state index contributed by atoms with van der Waals surface area (Å²) in [5.74, 6) is 0.275. The number of aromatic amines is 1. The third-order valence-electron chi connectivity index (χ3n) is 3.90. The molecule has 3 amide bonds. The molecule has 138 valence electrons. The van der Waals surface area contributed by atoms with Crippen molar-refractivity contribution >= 4 is 34.2 Å². The van der Waals surface area contributed by atoms with Gasteiger partial charge in [0.25, 0.3) is 5.56 Å². The topological polar surface area (TPSA) is 116 Å². The van der Waals surface area contributed by atoms with Gasteiger partial charge in [-0.2, -0.15) is 0 Å². The van der Waals surface area contributed by atoms with Crippen LogP contribution in [0.15, 0.2) is 53.3 Å². The van der Waals surface area contributed by atoms with Crippen LogP contribution in [0.25, 0.3) is 10.9 Å². The second-order valence-corrected chi connectivity index (χ2v) is 5.86. The van der Waals surface area contributed by atoms with Crippen molar-refractivity contribution in [3.63, 3.8) is 0 Å². The van der Waals surface area contributed by atoms with E-state index in [9.17, 15) is 14.4 Å². The molecule has 0 aliphatic heterocycles. The fourth-order valence-electron chi connectivity index (χ4n) is 2.54. The first kappa shape index (κ1) is 18.1. The fourth-order valence-corrected chi connectivity index (χ4v) is 2.54. The second kappa shape index (κ2) is 8.13. The molecule has 0 aliphatic rings. The summed E-state index contributed by atoms with van der Waals surface area (Å²) in [6, 6.07) is 13.5. The molecular weight excluding hydrogens is 346 g/mol. The zero-order valence-corrected chi connectivity index (χ0v) is 14.7. The van der Waals surface area contributed by atoms with Gasteiger partial charge in [-0.3, -0.25) is 9.59 Å². The summed E-state index contributed by atoms with van der Waals surface area (Å²) in [6.07, 6.45) is 0.502. The minimum atomic E-state index is -0.316. The number of carbonyl (C=O) groups is 2. The lowest BCUT2D eigenvalue weighted by molar-refractivity contribution is -0.116. The van der Waals surface area contributed by atoms with Gasteiger partial charge in [0.1, 0.15) is 5.82 Å². The number of rotatable bonds is 5. The number of carbonyl (C=O) groups excluding carboxylic acids is 2. The van der Waals surface area contributed by atoms with E-state index in [-0.39, 0.29) is 23.9 Å². The summed E-state index contributed by atoms with van der Waals surface area (Å²) in [7, 11) is 1.53. The Balaban J connectivity index is 1.58. The maximum Gasteiger partial charge on any atom is 0.318 e. The first-order valence-corrected chi connectivity index (χ1v) is 8.42. The minimum absolute atomic E-state index is 0.180. The lowest BCUT2D eigenvalue weighted by Gasteiger charge is -2.08. The van der Waals surface area contributed by atoms with Crippen LogP contribution in [0.5, 0.6) is 0 Å². The first-order chi connectivity index (χ1) is 13.0. The molecule has 2 aromatic carbocycles. The summed E-state index contributed by atoms with van der Waals surface area (Å²) < 4.78 is 0. The van der Waals surface area contributed by atoms with E-state index in [1.165, 1.54) is 7.05 Å². The SMILES string of the molecule is CNC(=O)Nc1ccc(NC(=O)CCc2nc3ccccc3c(=O)[nH]2)cc1. The molecule has 4 N–H and O–H groups in total. The molecule has 0 bridgehead atoms. The molecule has 1 aromatic heterocycles. The molecule has 8 heteroatoms. The van der Waals surface area contributed by atoms with Gasteiger partial charge in [0.05, 0.1) is 10.9 Å². The van der Waals surface area contributed by atoms with Crippen molar-refractivity contribution in [1.29, 1.82) is 0 Å². The molecule has 0 spiro atoms. The highest BCUT2D eigenvalue weighted by molar-refractivity contribution is 5.92. The van der Waals surface area contributed by atoms with Gasteiger partial charge >= 0.3 is 6.03 Å². The largest absolute Gasteiger partial charge is 0.341 e. The van der Waals surface area contributed by atoms with Crippen molar-refractivity contribution in [3.05, 3.63) is 64.7 Å². The Morgan fingerprint density at radius 2 is 1.67 bits per heavy atom. The average molecular weight is 365 g/mol. The van der Waals surface area contributed by atoms with Crippen LogP contribution in [-0.4, -0.2) is 29.0 Å². The number of aryl methyl sites for hydroxylation is 1. The van der Waals surface area contributed by atoms with Gasteiger partial charge in [0.2, 0.25) is 5.91 Å². The minimum Gasteiger partial charge on any atom is -0.341 e. The molecule has 27 heavy (non-hydrogen) atoms. The Kier molecular flexibility index (Phi) is 5.46. The number of anilines is 2. The van der Waals surface area contributed by atoms with Crippen molar-refractivity contribution in [2.45, 2.75) is 12.8 Å². The van der Waals surface area contributed by atoms with Crippen LogP contribution in [0.1, 0.15) is 12.2 Å². The normalized spacial score (nSPS) is 10.4. The van der Waals surface area contributed by atoms with E-state index < -0.39 is 0 Å². The second-order valence-electron chi connectivity index (χ2n) is 5.86. The lowest BCUT2D eigenvalue weighted by atomic mass is 10.2. The fraction of sp³-hybridized carbons (Fsp3) is 0.158. The third kappa shape index (κ3) is 4.69. The standard InChI is InChI=1S/C19H19N5O3/c1-20-19(27)22-13-8-6-12(7-9-13)21-17(25)11-10-16-23-15-5-3-2-4-14(15)18(26)24-16/h2-9H,10-11H2,1H3,(H,21,25)(H2,20,22,27)(H,23,24,26). The van der Waals surface area contributed by atoms with E-state index in [2.05, 4.69) is 25.9 Å². The van der Waals surface area contributed by atoms with E-state index in [0.717, 1.165) is 0 Å². The van der Waals surface area contributed by atoms with E-state index in [4.69, 9.17) is 0 Å². The number of fused-ring (bicyclic) bond motifs is 1. The molecule has 3 aromatic rings. The number of nitrogens with zero attached hydrogens (tertiary/aromatic N) is 1. The highest BCUT2D eigenvalue weighted by atomic mass is 16.2. The summed E-state index contributed by atoms with van der Waals surface area (Å²) in [5.41, 5.74) is 1.62. The Morgan fingerprint density at radius 3 is 2.37 bits per heavy atom. The van der Waals surface area contributed by atoms with E-state index in [1.807, 2.05) is 6.07 Å². The van der Waals surface area contributed by atoms with Crippen molar-refractivity contribution in [2.24, 2.45) is 0 Å². The van der Waals surface area contributed by atoms with Crippen molar-refractivity contribution < 1.29 is 9.59 Å². The molecular formula is C19H19N5O3. The predicted octanol–water partition coefficient (Wildman–Crippen LogP) is 2.25. The zero-order chi connectivity index (χ0) is 19.2. The lowest BCUT2D eigenvalue weighted by Crippen LogP contribution is -2.24. The maximum atomic E-state index is 12.1. The van der Waals surface area contributed by atoms with E-state index in [0.29, 0.717) is 34.5 Å². The van der Waals surface area contributed by atoms with Crippen LogP contribution in [0, 0.1) is 0 Å².